The Bertz CT molecular complexity index is 859. The number of aliphatic imine (C=N–C) groups is 1. The summed E-state index contributed by atoms with van der Waals surface area (Å²) in [6, 6.07) is 12.7. The number of ether oxygens (including phenoxy) is 3. The van der Waals surface area contributed by atoms with Crippen LogP contribution in [0.25, 0.3) is 0 Å². The van der Waals surface area contributed by atoms with Crippen molar-refractivity contribution >= 4 is 35.8 Å². The standard InChI is InChI=1S/C22H30N4O4.HI/c1-23-22(26(2)15-17-8-11-19(29-4)14-20(17)30-5)25-13-12-24-21(27)16-6-9-18(28-3)10-7-16;/h6-11,14H,12-13,15H2,1-5H3,(H,23,25)(H,24,27);1H. The molecule has 0 aliphatic carbocycles. The second-order valence-corrected chi connectivity index (χ2v) is 6.49. The van der Waals surface area contributed by atoms with E-state index in [0.717, 1.165) is 17.1 Å². The normalized spacial score (nSPS) is 10.5. The lowest BCUT2D eigenvalue weighted by atomic mass is 10.2. The van der Waals surface area contributed by atoms with Crippen LogP contribution in [0.2, 0.25) is 0 Å². The summed E-state index contributed by atoms with van der Waals surface area (Å²) in [5.74, 6) is 2.79. The number of carbonyl (C=O) groups is 1. The van der Waals surface area contributed by atoms with E-state index in [0.29, 0.717) is 36.9 Å². The molecule has 8 nitrogen and oxygen atoms in total. The van der Waals surface area contributed by atoms with Crippen LogP contribution < -0.4 is 24.8 Å². The summed E-state index contributed by atoms with van der Waals surface area (Å²) in [5.41, 5.74) is 1.60. The highest BCUT2D eigenvalue weighted by molar-refractivity contribution is 14.0. The van der Waals surface area contributed by atoms with Gasteiger partial charge < -0.3 is 29.7 Å². The Morgan fingerprint density at radius 1 is 0.935 bits per heavy atom. The number of rotatable bonds is 9. The van der Waals surface area contributed by atoms with E-state index < -0.39 is 0 Å². The van der Waals surface area contributed by atoms with Crippen molar-refractivity contribution in [2.45, 2.75) is 6.54 Å². The number of amides is 1. The van der Waals surface area contributed by atoms with Crippen LogP contribution >= 0.6 is 24.0 Å². The number of hydrogen-bond acceptors (Lipinski definition) is 5. The third-order valence-electron chi connectivity index (χ3n) is 4.52. The smallest absolute Gasteiger partial charge is 0.251 e. The Labute approximate surface area is 201 Å². The maximum atomic E-state index is 12.2. The fourth-order valence-corrected chi connectivity index (χ4v) is 2.89. The molecule has 0 unspecified atom stereocenters. The molecule has 2 aromatic rings. The molecule has 0 spiro atoms. The monoisotopic (exact) mass is 542 g/mol. The van der Waals surface area contributed by atoms with Crippen molar-refractivity contribution in [1.29, 1.82) is 0 Å². The van der Waals surface area contributed by atoms with E-state index in [1.54, 1.807) is 52.6 Å². The summed E-state index contributed by atoms with van der Waals surface area (Å²) in [6.45, 7) is 1.60. The van der Waals surface area contributed by atoms with E-state index >= 15 is 0 Å². The van der Waals surface area contributed by atoms with Crippen LogP contribution in [-0.4, -0.2) is 65.3 Å². The molecule has 0 aliphatic heterocycles. The SMILES string of the molecule is CN=C(NCCNC(=O)c1ccc(OC)cc1)N(C)Cc1ccc(OC)cc1OC.I. The summed E-state index contributed by atoms with van der Waals surface area (Å²) in [4.78, 5) is 18.5. The van der Waals surface area contributed by atoms with Gasteiger partial charge in [0.05, 0.1) is 21.3 Å². The first kappa shape index (κ1) is 26.3. The average molecular weight is 542 g/mol. The van der Waals surface area contributed by atoms with Crippen molar-refractivity contribution in [1.82, 2.24) is 15.5 Å². The lowest BCUT2D eigenvalue weighted by Gasteiger charge is -2.23. The molecule has 2 aromatic carbocycles. The Balaban J connectivity index is 0.00000480. The maximum absolute atomic E-state index is 12.2. The van der Waals surface area contributed by atoms with Gasteiger partial charge in [0, 0.05) is 50.9 Å². The zero-order valence-corrected chi connectivity index (χ0v) is 20.9. The van der Waals surface area contributed by atoms with Crippen LogP contribution in [-0.2, 0) is 6.54 Å². The van der Waals surface area contributed by atoms with Gasteiger partial charge in [0.25, 0.3) is 5.91 Å². The number of carbonyl (C=O) groups excluding carboxylic acids is 1. The average Bonchev–Trinajstić information content (AvgIpc) is 2.79. The van der Waals surface area contributed by atoms with Gasteiger partial charge in [-0.3, -0.25) is 9.79 Å². The van der Waals surface area contributed by atoms with Crippen LogP contribution in [0.1, 0.15) is 15.9 Å². The molecule has 0 aromatic heterocycles. The summed E-state index contributed by atoms with van der Waals surface area (Å²) in [5, 5.41) is 6.14. The van der Waals surface area contributed by atoms with Gasteiger partial charge in [-0.1, -0.05) is 0 Å². The van der Waals surface area contributed by atoms with Crippen LogP contribution in [0.5, 0.6) is 17.2 Å². The van der Waals surface area contributed by atoms with Crippen LogP contribution in [0.4, 0.5) is 0 Å². The fraction of sp³-hybridized carbons (Fsp3) is 0.364. The number of nitrogens with zero attached hydrogens (tertiary/aromatic N) is 2. The molecule has 1 amide bonds. The molecule has 2 rings (SSSR count). The molecule has 2 N–H and O–H groups in total. The summed E-state index contributed by atoms with van der Waals surface area (Å²) < 4.78 is 15.8. The van der Waals surface area contributed by atoms with Gasteiger partial charge in [-0.05, 0) is 36.4 Å². The van der Waals surface area contributed by atoms with E-state index in [2.05, 4.69) is 15.6 Å². The number of methoxy groups -OCH3 is 3. The second-order valence-electron chi connectivity index (χ2n) is 6.49. The highest BCUT2D eigenvalue weighted by Crippen LogP contribution is 2.25. The van der Waals surface area contributed by atoms with Crippen molar-refractivity contribution in [3.8, 4) is 17.2 Å². The van der Waals surface area contributed by atoms with E-state index in [9.17, 15) is 4.79 Å². The molecular weight excluding hydrogens is 511 g/mol. The number of halogens is 1. The third-order valence-corrected chi connectivity index (χ3v) is 4.52. The van der Waals surface area contributed by atoms with Crippen molar-refractivity contribution in [3.63, 3.8) is 0 Å². The summed E-state index contributed by atoms with van der Waals surface area (Å²) >= 11 is 0. The van der Waals surface area contributed by atoms with E-state index in [1.807, 2.05) is 30.1 Å². The topological polar surface area (TPSA) is 84.4 Å². The molecular formula is C22H31IN4O4. The molecule has 0 radical (unpaired) electrons. The van der Waals surface area contributed by atoms with Gasteiger partial charge in [-0.25, -0.2) is 0 Å². The molecule has 0 saturated heterocycles. The molecule has 0 aliphatic rings. The van der Waals surface area contributed by atoms with Gasteiger partial charge in [-0.15, -0.1) is 24.0 Å². The van der Waals surface area contributed by atoms with Gasteiger partial charge in [0.2, 0.25) is 0 Å². The highest BCUT2D eigenvalue weighted by atomic mass is 127. The van der Waals surface area contributed by atoms with Gasteiger partial charge in [0.15, 0.2) is 5.96 Å². The maximum Gasteiger partial charge on any atom is 0.251 e. The fourth-order valence-electron chi connectivity index (χ4n) is 2.89. The molecule has 170 valence electrons. The Kier molecular flexibility index (Phi) is 11.5. The molecule has 0 saturated carbocycles. The number of nitrogens with one attached hydrogen (secondary N) is 2. The van der Waals surface area contributed by atoms with E-state index in [4.69, 9.17) is 14.2 Å². The lowest BCUT2D eigenvalue weighted by molar-refractivity contribution is 0.0954. The predicted octanol–water partition coefficient (Wildman–Crippen LogP) is 2.77. The van der Waals surface area contributed by atoms with E-state index in [1.165, 1.54) is 0 Å². The molecule has 0 fully saturated rings. The first-order chi connectivity index (χ1) is 14.5. The summed E-state index contributed by atoms with van der Waals surface area (Å²) in [6.07, 6.45) is 0. The summed E-state index contributed by atoms with van der Waals surface area (Å²) in [7, 11) is 8.51. The molecule has 0 heterocycles. The van der Waals surface area contributed by atoms with Crippen LogP contribution in [0.3, 0.4) is 0 Å². The van der Waals surface area contributed by atoms with Gasteiger partial charge in [0.1, 0.15) is 17.2 Å². The van der Waals surface area contributed by atoms with Crippen molar-refractivity contribution in [3.05, 3.63) is 53.6 Å². The molecule has 9 heteroatoms. The zero-order valence-electron chi connectivity index (χ0n) is 18.6. The van der Waals surface area contributed by atoms with Crippen molar-refractivity contribution < 1.29 is 19.0 Å². The molecule has 0 bridgehead atoms. The number of hydrogen-bond donors (Lipinski definition) is 2. The predicted molar refractivity (Wildman–Crippen MR) is 133 cm³/mol. The first-order valence-electron chi connectivity index (χ1n) is 9.57. The van der Waals surface area contributed by atoms with Crippen LogP contribution in [0.15, 0.2) is 47.5 Å². The Hall–Kier alpha value is -2.69. The zero-order chi connectivity index (χ0) is 21.9. The highest BCUT2D eigenvalue weighted by Gasteiger charge is 2.11. The van der Waals surface area contributed by atoms with Crippen LogP contribution in [0, 0.1) is 0 Å². The Morgan fingerprint density at radius 3 is 2.13 bits per heavy atom. The minimum atomic E-state index is -0.134. The van der Waals surface area contributed by atoms with Gasteiger partial charge >= 0.3 is 0 Å². The molecule has 31 heavy (non-hydrogen) atoms. The largest absolute Gasteiger partial charge is 0.497 e. The molecule has 0 atom stereocenters. The first-order valence-corrected chi connectivity index (χ1v) is 9.57. The minimum Gasteiger partial charge on any atom is -0.497 e. The van der Waals surface area contributed by atoms with E-state index in [-0.39, 0.29) is 29.9 Å². The lowest BCUT2D eigenvalue weighted by Crippen LogP contribution is -2.42. The second kappa shape index (κ2) is 13.6. The number of benzene rings is 2. The van der Waals surface area contributed by atoms with Crippen molar-refractivity contribution in [2.24, 2.45) is 4.99 Å². The Morgan fingerprint density at radius 2 is 1.55 bits per heavy atom. The quantitative estimate of drug-likeness (QED) is 0.220. The number of guanidine groups is 1. The van der Waals surface area contributed by atoms with Crippen molar-refractivity contribution in [2.75, 3.05) is 48.5 Å². The minimum absolute atomic E-state index is 0. The third kappa shape index (κ3) is 7.82. The van der Waals surface area contributed by atoms with Gasteiger partial charge in [-0.2, -0.15) is 0 Å².